The van der Waals surface area contributed by atoms with Gasteiger partial charge in [0.2, 0.25) is 0 Å². The Morgan fingerprint density at radius 2 is 1.92 bits per heavy atom. The molecule has 7 heteroatoms. The molecule has 3 heterocycles. The molecule has 3 aliphatic rings. The Morgan fingerprint density at radius 3 is 2.73 bits per heavy atom. The fourth-order valence-electron chi connectivity index (χ4n) is 5.38. The number of carbonyl (C=O) groups excluding carboxylic acids is 2. The van der Waals surface area contributed by atoms with Gasteiger partial charge >= 0.3 is 5.97 Å². The largest absolute Gasteiger partial charge is 0.463 e. The molecule has 0 radical (unpaired) electrons. The van der Waals surface area contributed by atoms with Crippen molar-refractivity contribution >= 4 is 35.2 Å². The van der Waals surface area contributed by atoms with Crippen LogP contribution in [0.25, 0.3) is 6.08 Å². The molecule has 2 atom stereocenters. The van der Waals surface area contributed by atoms with Gasteiger partial charge in [-0.1, -0.05) is 66.2 Å². The standard InChI is InChI=1S/C30H25ClN2O4/c1-2-36-27(34)17-23-18-30(37-28-24-11-7-6-10-21(24)14-15-32(23)28)25-16-22(31)12-13-26(25)33(29(30)35)19-20-8-4-3-5-9-20/h3-17,28H,2,18-19H2,1H3/b23-17+/t28-,30-/m0/s1. The molecule has 1 fully saturated rings. The smallest absolute Gasteiger partial charge is 0.332 e. The van der Waals surface area contributed by atoms with E-state index in [1.165, 1.54) is 6.08 Å². The van der Waals surface area contributed by atoms with Gasteiger partial charge < -0.3 is 19.3 Å². The van der Waals surface area contributed by atoms with Crippen LogP contribution in [0.15, 0.2) is 90.8 Å². The minimum Gasteiger partial charge on any atom is -0.463 e. The van der Waals surface area contributed by atoms with Gasteiger partial charge in [-0.05, 0) is 42.3 Å². The molecule has 1 amide bonds. The van der Waals surface area contributed by atoms with E-state index >= 15 is 0 Å². The third kappa shape index (κ3) is 3.93. The average molecular weight is 513 g/mol. The molecule has 6 rings (SSSR count). The van der Waals surface area contributed by atoms with Crippen LogP contribution < -0.4 is 4.90 Å². The maximum absolute atomic E-state index is 14.4. The minimum absolute atomic E-state index is 0.159. The van der Waals surface area contributed by atoms with Crippen molar-refractivity contribution < 1.29 is 19.1 Å². The molecule has 3 aromatic rings. The third-order valence-electron chi connectivity index (χ3n) is 7.03. The number of fused-ring (bicyclic) bond motifs is 5. The number of halogens is 1. The van der Waals surface area contributed by atoms with Gasteiger partial charge in [0.15, 0.2) is 11.8 Å². The molecular weight excluding hydrogens is 488 g/mol. The van der Waals surface area contributed by atoms with Gasteiger partial charge in [-0.3, -0.25) is 4.79 Å². The number of hydrogen-bond donors (Lipinski definition) is 0. The first kappa shape index (κ1) is 23.5. The number of anilines is 1. The first-order chi connectivity index (χ1) is 18.0. The summed E-state index contributed by atoms with van der Waals surface area (Å²) in [6.07, 6.45) is 4.89. The topological polar surface area (TPSA) is 59.1 Å². The van der Waals surface area contributed by atoms with Crippen LogP contribution in [0.1, 0.15) is 41.8 Å². The van der Waals surface area contributed by atoms with E-state index in [4.69, 9.17) is 21.1 Å². The highest BCUT2D eigenvalue weighted by atomic mass is 35.5. The quantitative estimate of drug-likeness (QED) is 0.320. The van der Waals surface area contributed by atoms with Crippen molar-refractivity contribution in [2.75, 3.05) is 11.5 Å². The summed E-state index contributed by atoms with van der Waals surface area (Å²) in [5, 5.41) is 0.512. The number of carbonyl (C=O) groups is 2. The van der Waals surface area contributed by atoms with Crippen LogP contribution in [0.4, 0.5) is 5.69 Å². The van der Waals surface area contributed by atoms with Crippen LogP contribution in [0.3, 0.4) is 0 Å². The molecule has 3 aromatic carbocycles. The van der Waals surface area contributed by atoms with Crippen molar-refractivity contribution in [2.45, 2.75) is 31.7 Å². The highest BCUT2D eigenvalue weighted by molar-refractivity contribution is 6.31. The molecule has 3 aliphatic heterocycles. The second-order valence-corrected chi connectivity index (χ2v) is 9.69. The summed E-state index contributed by atoms with van der Waals surface area (Å²) in [7, 11) is 0. The summed E-state index contributed by atoms with van der Waals surface area (Å²) in [6.45, 7) is 2.41. The summed E-state index contributed by atoms with van der Waals surface area (Å²) in [5.74, 6) is -0.645. The molecule has 1 spiro atoms. The zero-order valence-corrected chi connectivity index (χ0v) is 21.0. The van der Waals surface area contributed by atoms with Crippen molar-refractivity contribution in [1.82, 2.24) is 4.90 Å². The van der Waals surface area contributed by atoms with Crippen LogP contribution in [-0.2, 0) is 31.2 Å². The van der Waals surface area contributed by atoms with Crippen molar-refractivity contribution in [1.29, 1.82) is 0 Å². The van der Waals surface area contributed by atoms with Gasteiger partial charge in [0.05, 0.1) is 18.8 Å². The molecular formula is C30H25ClN2O4. The predicted octanol–water partition coefficient (Wildman–Crippen LogP) is 5.93. The fourth-order valence-corrected chi connectivity index (χ4v) is 5.56. The van der Waals surface area contributed by atoms with Crippen LogP contribution >= 0.6 is 11.6 Å². The van der Waals surface area contributed by atoms with E-state index in [-0.39, 0.29) is 18.9 Å². The molecule has 1 saturated heterocycles. The maximum atomic E-state index is 14.4. The Hall–Kier alpha value is -3.87. The lowest BCUT2D eigenvalue weighted by molar-refractivity contribution is -0.184. The summed E-state index contributed by atoms with van der Waals surface area (Å²) in [6, 6.07) is 23.2. The van der Waals surface area contributed by atoms with Gasteiger partial charge in [0.25, 0.3) is 5.91 Å². The van der Waals surface area contributed by atoms with E-state index in [0.29, 0.717) is 22.8 Å². The van der Waals surface area contributed by atoms with E-state index in [9.17, 15) is 9.59 Å². The summed E-state index contributed by atoms with van der Waals surface area (Å²) < 4.78 is 12.1. The molecule has 6 nitrogen and oxygen atoms in total. The van der Waals surface area contributed by atoms with Crippen LogP contribution in [0.2, 0.25) is 5.02 Å². The highest BCUT2D eigenvalue weighted by Crippen LogP contribution is 2.55. The van der Waals surface area contributed by atoms with Crippen LogP contribution in [0, 0.1) is 0 Å². The predicted molar refractivity (Wildman–Crippen MR) is 141 cm³/mol. The van der Waals surface area contributed by atoms with Crippen molar-refractivity contribution in [3.63, 3.8) is 0 Å². The lowest BCUT2D eigenvalue weighted by Crippen LogP contribution is -2.50. The molecule has 186 valence electrons. The summed E-state index contributed by atoms with van der Waals surface area (Å²) in [4.78, 5) is 30.6. The summed E-state index contributed by atoms with van der Waals surface area (Å²) in [5.41, 5.74) is 3.64. The maximum Gasteiger partial charge on any atom is 0.332 e. The Kier molecular flexibility index (Phi) is 5.86. The van der Waals surface area contributed by atoms with Gasteiger partial charge in [-0.25, -0.2) is 4.79 Å². The third-order valence-corrected chi connectivity index (χ3v) is 7.27. The van der Waals surface area contributed by atoms with Crippen molar-refractivity contribution in [2.24, 2.45) is 0 Å². The Bertz CT molecular complexity index is 1450. The van der Waals surface area contributed by atoms with Crippen LogP contribution in [0.5, 0.6) is 0 Å². The van der Waals surface area contributed by atoms with Crippen molar-refractivity contribution in [3.05, 3.63) is 118 Å². The molecule has 0 saturated carbocycles. The van der Waals surface area contributed by atoms with Gasteiger partial charge in [-0.15, -0.1) is 0 Å². The summed E-state index contributed by atoms with van der Waals surface area (Å²) >= 11 is 6.47. The number of hydrogen-bond acceptors (Lipinski definition) is 5. The number of esters is 1. The number of benzene rings is 3. The van der Waals surface area contributed by atoms with E-state index < -0.39 is 17.8 Å². The monoisotopic (exact) mass is 512 g/mol. The van der Waals surface area contributed by atoms with E-state index in [1.54, 1.807) is 17.9 Å². The lowest BCUT2D eigenvalue weighted by Gasteiger charge is -2.47. The first-order valence-electron chi connectivity index (χ1n) is 12.3. The molecule has 0 bridgehead atoms. The molecule has 37 heavy (non-hydrogen) atoms. The van der Waals surface area contributed by atoms with E-state index in [1.807, 2.05) is 83.9 Å². The second kappa shape index (κ2) is 9.21. The van der Waals surface area contributed by atoms with E-state index in [0.717, 1.165) is 22.4 Å². The van der Waals surface area contributed by atoms with Gasteiger partial charge in [-0.2, -0.15) is 0 Å². The average Bonchev–Trinajstić information content (AvgIpc) is 3.11. The van der Waals surface area contributed by atoms with E-state index in [2.05, 4.69) is 0 Å². The molecule has 0 unspecified atom stereocenters. The Labute approximate surface area is 220 Å². The fraction of sp³-hybridized carbons (Fsp3) is 0.200. The molecule has 0 N–H and O–H groups in total. The molecule has 0 aliphatic carbocycles. The number of amides is 1. The number of nitrogens with zero attached hydrogens (tertiary/aromatic N) is 2. The van der Waals surface area contributed by atoms with Crippen LogP contribution in [-0.4, -0.2) is 23.4 Å². The van der Waals surface area contributed by atoms with Gasteiger partial charge in [0.1, 0.15) is 0 Å². The lowest BCUT2D eigenvalue weighted by atomic mass is 9.86. The SMILES string of the molecule is CCOC(=O)/C=C1\C[C@@]2(O[C@H]3c4ccccc4C=CN13)C(=O)N(Cc1ccccc1)c1ccc(Cl)cc12. The first-order valence-corrected chi connectivity index (χ1v) is 12.6. The van der Waals surface area contributed by atoms with Crippen molar-refractivity contribution in [3.8, 4) is 0 Å². The highest BCUT2D eigenvalue weighted by Gasteiger charge is 2.57. The van der Waals surface area contributed by atoms with Gasteiger partial charge in [0, 0.05) is 40.5 Å². The Morgan fingerprint density at radius 1 is 1.14 bits per heavy atom. The second-order valence-electron chi connectivity index (χ2n) is 9.25. The molecule has 0 aromatic heterocycles. The Balaban J connectivity index is 1.50. The zero-order valence-electron chi connectivity index (χ0n) is 20.3. The number of ether oxygens (including phenoxy) is 2. The minimum atomic E-state index is -1.35. The number of rotatable bonds is 4. The zero-order chi connectivity index (χ0) is 25.6. The normalized spacial score (nSPS) is 22.7.